The number of aliphatic hydroxyl groups is 1. The molecular weight excluding hydrogens is 288 g/mol. The minimum absolute atomic E-state index is 0.0511. The molecule has 2 rings (SSSR count). The van der Waals surface area contributed by atoms with Crippen LogP contribution < -0.4 is 5.32 Å². The van der Waals surface area contributed by atoms with Gasteiger partial charge in [-0.3, -0.25) is 15.0 Å². The van der Waals surface area contributed by atoms with Gasteiger partial charge in [0.05, 0.1) is 6.54 Å². The first kappa shape index (κ1) is 16.3. The summed E-state index contributed by atoms with van der Waals surface area (Å²) in [6.45, 7) is 4.40. The van der Waals surface area contributed by atoms with Crippen LogP contribution in [0.5, 0.6) is 0 Å². The Morgan fingerprint density at radius 2 is 2.33 bits per heavy atom. The number of rotatable bonds is 8. The summed E-state index contributed by atoms with van der Waals surface area (Å²) in [6, 6.07) is 0. The van der Waals surface area contributed by atoms with Gasteiger partial charge in [0.25, 0.3) is 0 Å². The van der Waals surface area contributed by atoms with E-state index in [1.54, 1.807) is 0 Å². The Morgan fingerprint density at radius 1 is 1.48 bits per heavy atom. The van der Waals surface area contributed by atoms with Gasteiger partial charge in [-0.1, -0.05) is 31.1 Å². The molecule has 1 aromatic rings. The van der Waals surface area contributed by atoms with Crippen molar-refractivity contribution in [1.29, 1.82) is 0 Å². The molecule has 1 unspecified atom stereocenters. The van der Waals surface area contributed by atoms with Crippen LogP contribution >= 0.6 is 11.3 Å². The summed E-state index contributed by atoms with van der Waals surface area (Å²) >= 11 is 1.46. The maximum Gasteiger partial charge on any atom is 0.240 e. The lowest BCUT2D eigenvalue weighted by Gasteiger charge is -2.14. The van der Waals surface area contributed by atoms with Crippen molar-refractivity contribution in [3.05, 3.63) is 5.01 Å². The molecule has 2 N–H and O–H groups in total. The minimum Gasteiger partial charge on any atom is -0.396 e. The normalized spacial score (nSPS) is 19.0. The molecule has 118 valence electrons. The molecule has 7 heteroatoms. The van der Waals surface area contributed by atoms with Crippen LogP contribution in [0.4, 0.5) is 5.13 Å². The molecule has 0 bridgehead atoms. The third-order valence-electron chi connectivity index (χ3n) is 3.70. The molecule has 2 heterocycles. The zero-order valence-electron chi connectivity index (χ0n) is 12.5. The van der Waals surface area contributed by atoms with E-state index in [9.17, 15) is 4.79 Å². The maximum absolute atomic E-state index is 12.0. The van der Waals surface area contributed by atoms with Crippen molar-refractivity contribution < 1.29 is 9.90 Å². The Bertz CT molecular complexity index is 452. The second-order valence-electron chi connectivity index (χ2n) is 5.58. The number of aliphatic hydroxyl groups excluding tert-OH is 1. The summed E-state index contributed by atoms with van der Waals surface area (Å²) in [5, 5.41) is 21.6. The third kappa shape index (κ3) is 5.33. The van der Waals surface area contributed by atoms with Crippen molar-refractivity contribution in [3.8, 4) is 0 Å². The highest BCUT2D eigenvalue weighted by atomic mass is 32.1. The van der Waals surface area contributed by atoms with Crippen LogP contribution in [-0.4, -0.2) is 52.4 Å². The molecule has 0 spiro atoms. The number of likely N-dealkylation sites (tertiary alicyclic amines) is 1. The van der Waals surface area contributed by atoms with Crippen LogP contribution in [0.25, 0.3) is 0 Å². The molecule has 1 aliphatic heterocycles. The number of nitrogens with one attached hydrogen (secondary N) is 1. The van der Waals surface area contributed by atoms with Gasteiger partial charge in [0.2, 0.25) is 11.0 Å². The monoisotopic (exact) mass is 312 g/mol. The van der Waals surface area contributed by atoms with Gasteiger partial charge in [0.15, 0.2) is 0 Å². The van der Waals surface area contributed by atoms with Crippen molar-refractivity contribution in [2.45, 2.75) is 39.0 Å². The topological polar surface area (TPSA) is 78.4 Å². The highest BCUT2D eigenvalue weighted by Gasteiger charge is 2.23. The molecule has 0 aliphatic carbocycles. The molecule has 1 saturated heterocycles. The van der Waals surface area contributed by atoms with E-state index in [2.05, 4.69) is 27.3 Å². The van der Waals surface area contributed by atoms with Crippen LogP contribution in [0, 0.1) is 5.92 Å². The van der Waals surface area contributed by atoms with E-state index in [4.69, 9.17) is 5.11 Å². The molecule has 6 nitrogen and oxygen atoms in total. The lowest BCUT2D eigenvalue weighted by Crippen LogP contribution is -2.31. The second kappa shape index (κ2) is 8.41. The molecular formula is C14H24N4O2S. The quantitative estimate of drug-likeness (QED) is 0.712. The number of hydrogen-bond donors (Lipinski definition) is 2. The predicted octanol–water partition coefficient (Wildman–Crippen LogP) is 1.52. The van der Waals surface area contributed by atoms with Gasteiger partial charge < -0.3 is 5.11 Å². The Hall–Kier alpha value is -1.05. The predicted molar refractivity (Wildman–Crippen MR) is 83.4 cm³/mol. The van der Waals surface area contributed by atoms with Crippen molar-refractivity contribution in [2.75, 3.05) is 31.6 Å². The van der Waals surface area contributed by atoms with E-state index in [-0.39, 0.29) is 12.5 Å². The Labute approximate surface area is 129 Å². The smallest absolute Gasteiger partial charge is 0.240 e. The Balaban J connectivity index is 1.72. The summed E-state index contributed by atoms with van der Waals surface area (Å²) < 4.78 is 0. The SMILES string of the molecule is CCCCCc1nnc(NC(=O)CN2CCC(CO)C2)s1. The fourth-order valence-electron chi connectivity index (χ4n) is 2.50. The number of aryl methyl sites for hydroxylation is 1. The number of aromatic nitrogens is 2. The highest BCUT2D eigenvalue weighted by Crippen LogP contribution is 2.18. The van der Waals surface area contributed by atoms with Crippen molar-refractivity contribution >= 4 is 22.4 Å². The van der Waals surface area contributed by atoms with E-state index in [1.807, 2.05) is 0 Å². The van der Waals surface area contributed by atoms with Crippen LogP contribution in [0.3, 0.4) is 0 Å². The molecule has 0 radical (unpaired) electrons. The first-order valence-electron chi connectivity index (χ1n) is 7.66. The molecule has 1 atom stereocenters. The summed E-state index contributed by atoms with van der Waals surface area (Å²) in [5.41, 5.74) is 0. The summed E-state index contributed by atoms with van der Waals surface area (Å²) in [4.78, 5) is 14.0. The molecule has 0 saturated carbocycles. The lowest BCUT2D eigenvalue weighted by molar-refractivity contribution is -0.117. The molecule has 1 amide bonds. The van der Waals surface area contributed by atoms with E-state index < -0.39 is 0 Å². The average molecular weight is 312 g/mol. The van der Waals surface area contributed by atoms with E-state index in [1.165, 1.54) is 24.2 Å². The molecule has 1 aliphatic rings. The minimum atomic E-state index is -0.0511. The number of carbonyl (C=O) groups excluding carboxylic acids is 1. The number of hydrogen-bond acceptors (Lipinski definition) is 6. The van der Waals surface area contributed by atoms with Crippen molar-refractivity contribution in [3.63, 3.8) is 0 Å². The number of nitrogens with zero attached hydrogens (tertiary/aromatic N) is 3. The van der Waals surface area contributed by atoms with E-state index in [0.29, 0.717) is 17.6 Å². The maximum atomic E-state index is 12.0. The third-order valence-corrected chi connectivity index (χ3v) is 4.60. The zero-order chi connectivity index (χ0) is 15.1. The number of carbonyl (C=O) groups is 1. The fraction of sp³-hybridized carbons (Fsp3) is 0.786. The first-order valence-corrected chi connectivity index (χ1v) is 8.48. The number of amides is 1. The Morgan fingerprint density at radius 3 is 3.05 bits per heavy atom. The van der Waals surface area contributed by atoms with Crippen LogP contribution in [0.15, 0.2) is 0 Å². The van der Waals surface area contributed by atoms with Crippen LogP contribution in [0.2, 0.25) is 0 Å². The largest absolute Gasteiger partial charge is 0.396 e. The fourth-order valence-corrected chi connectivity index (χ4v) is 3.30. The lowest BCUT2D eigenvalue weighted by atomic mass is 10.1. The van der Waals surface area contributed by atoms with Crippen molar-refractivity contribution in [2.24, 2.45) is 5.92 Å². The van der Waals surface area contributed by atoms with Crippen LogP contribution in [0.1, 0.15) is 37.6 Å². The highest BCUT2D eigenvalue weighted by molar-refractivity contribution is 7.15. The van der Waals surface area contributed by atoms with Gasteiger partial charge in [0, 0.05) is 19.6 Å². The van der Waals surface area contributed by atoms with Crippen molar-refractivity contribution in [1.82, 2.24) is 15.1 Å². The first-order chi connectivity index (χ1) is 10.2. The zero-order valence-corrected chi connectivity index (χ0v) is 13.4. The van der Waals surface area contributed by atoms with Gasteiger partial charge in [-0.05, 0) is 25.3 Å². The van der Waals surface area contributed by atoms with Gasteiger partial charge in [-0.2, -0.15) is 0 Å². The van der Waals surface area contributed by atoms with Crippen LogP contribution in [-0.2, 0) is 11.2 Å². The molecule has 1 aromatic heterocycles. The summed E-state index contributed by atoms with van der Waals surface area (Å²) in [7, 11) is 0. The van der Waals surface area contributed by atoms with E-state index in [0.717, 1.165) is 37.4 Å². The standard InChI is InChI=1S/C14H24N4O2S/c1-2-3-4-5-13-16-17-14(21-13)15-12(20)9-18-7-6-11(8-18)10-19/h11,19H,2-10H2,1H3,(H,15,17,20). The number of anilines is 1. The second-order valence-corrected chi connectivity index (χ2v) is 6.64. The summed E-state index contributed by atoms with van der Waals surface area (Å²) in [6.07, 6.45) is 5.40. The molecule has 1 fully saturated rings. The molecule has 21 heavy (non-hydrogen) atoms. The molecule has 0 aromatic carbocycles. The Kier molecular flexibility index (Phi) is 6.53. The summed E-state index contributed by atoms with van der Waals surface area (Å²) in [5.74, 6) is 0.259. The van der Waals surface area contributed by atoms with Gasteiger partial charge >= 0.3 is 0 Å². The van der Waals surface area contributed by atoms with E-state index >= 15 is 0 Å². The van der Waals surface area contributed by atoms with Gasteiger partial charge in [-0.15, -0.1) is 10.2 Å². The van der Waals surface area contributed by atoms with Gasteiger partial charge in [0.1, 0.15) is 5.01 Å². The number of unbranched alkanes of at least 4 members (excludes halogenated alkanes) is 2. The average Bonchev–Trinajstić information content (AvgIpc) is 3.08. The van der Waals surface area contributed by atoms with Gasteiger partial charge in [-0.25, -0.2) is 0 Å².